The molecule has 2 aliphatic rings. The molecule has 82 valence electrons. The van der Waals surface area contributed by atoms with Crippen molar-refractivity contribution in [3.63, 3.8) is 0 Å². The Morgan fingerprint density at radius 1 is 1.14 bits per heavy atom. The van der Waals surface area contributed by atoms with Gasteiger partial charge in [0.1, 0.15) is 0 Å². The number of hydrogen-bond donors (Lipinski definition) is 1. The summed E-state index contributed by atoms with van der Waals surface area (Å²) in [5, 5.41) is 3.83. The van der Waals surface area contributed by atoms with E-state index in [-0.39, 0.29) is 0 Å². The second-order valence-corrected chi connectivity index (χ2v) is 7.32. The first kappa shape index (κ1) is 10.8. The van der Waals surface area contributed by atoms with E-state index in [0.29, 0.717) is 10.3 Å². The molecule has 2 rings (SSSR count). The Balaban J connectivity index is 1.98. The minimum atomic E-state index is 0.452. The second kappa shape index (κ2) is 3.71. The van der Waals surface area contributed by atoms with E-state index in [9.17, 15) is 0 Å². The smallest absolute Gasteiger partial charge is 0.0647 e. The Morgan fingerprint density at radius 2 is 1.79 bits per heavy atom. The molecular formula is C12H23NS. The van der Waals surface area contributed by atoms with Crippen molar-refractivity contribution in [3.8, 4) is 0 Å². The summed E-state index contributed by atoms with van der Waals surface area (Å²) in [6.45, 7) is 7.16. The van der Waals surface area contributed by atoms with E-state index < -0.39 is 0 Å². The molecule has 2 fully saturated rings. The predicted molar refractivity (Wildman–Crippen MR) is 64.7 cm³/mol. The third-order valence-electron chi connectivity index (χ3n) is 3.85. The molecule has 1 unspecified atom stereocenters. The van der Waals surface area contributed by atoms with Crippen LogP contribution in [0, 0.1) is 5.41 Å². The Bertz CT molecular complexity index is 202. The summed E-state index contributed by atoms with van der Waals surface area (Å²) >= 11 is 2.18. The van der Waals surface area contributed by atoms with Crippen LogP contribution < -0.4 is 5.32 Å². The van der Waals surface area contributed by atoms with Crippen LogP contribution in [-0.2, 0) is 0 Å². The maximum atomic E-state index is 3.83. The van der Waals surface area contributed by atoms with Crippen molar-refractivity contribution >= 4 is 11.8 Å². The van der Waals surface area contributed by atoms with Crippen molar-refractivity contribution in [2.75, 3.05) is 5.75 Å². The minimum absolute atomic E-state index is 0.452. The molecule has 1 saturated heterocycles. The lowest BCUT2D eigenvalue weighted by atomic mass is 9.75. The molecule has 0 amide bonds. The molecule has 14 heavy (non-hydrogen) atoms. The van der Waals surface area contributed by atoms with Crippen LogP contribution in [0.25, 0.3) is 0 Å². The van der Waals surface area contributed by atoms with Gasteiger partial charge in [-0.15, -0.1) is 11.8 Å². The average molecular weight is 213 g/mol. The zero-order chi connectivity index (χ0) is 10.2. The van der Waals surface area contributed by atoms with E-state index >= 15 is 0 Å². The predicted octanol–water partition coefficient (Wildman–Crippen LogP) is 3.40. The monoisotopic (exact) mass is 213 g/mol. The molecule has 0 aromatic rings. The van der Waals surface area contributed by atoms with Gasteiger partial charge in [-0.05, 0) is 50.2 Å². The lowest BCUT2D eigenvalue weighted by Gasteiger charge is -2.47. The number of thioether (sulfide) groups is 1. The summed E-state index contributed by atoms with van der Waals surface area (Å²) in [6, 6.07) is 0.734. The third kappa shape index (κ3) is 2.27. The Hall–Kier alpha value is 0.310. The number of rotatable bonds is 0. The van der Waals surface area contributed by atoms with Gasteiger partial charge in [-0.25, -0.2) is 0 Å². The molecule has 1 heterocycles. The quantitative estimate of drug-likeness (QED) is 0.662. The highest BCUT2D eigenvalue weighted by Crippen LogP contribution is 2.47. The van der Waals surface area contributed by atoms with Gasteiger partial charge in [0.25, 0.3) is 0 Å². The SMILES string of the molecule is CC1CCSC2(CCC(C)(C)CC2)N1. The van der Waals surface area contributed by atoms with Crippen LogP contribution in [0.15, 0.2) is 0 Å². The molecule has 1 saturated carbocycles. The van der Waals surface area contributed by atoms with E-state index in [1.54, 1.807) is 0 Å². The first-order chi connectivity index (χ1) is 6.52. The molecule has 0 radical (unpaired) electrons. The first-order valence-electron chi connectivity index (χ1n) is 5.93. The van der Waals surface area contributed by atoms with Crippen molar-refractivity contribution in [2.24, 2.45) is 5.41 Å². The van der Waals surface area contributed by atoms with Crippen molar-refractivity contribution in [1.82, 2.24) is 5.32 Å². The molecule has 0 aromatic carbocycles. The molecule has 1 aliphatic heterocycles. The third-order valence-corrected chi connectivity index (χ3v) is 5.37. The van der Waals surface area contributed by atoms with Crippen molar-refractivity contribution in [3.05, 3.63) is 0 Å². The van der Waals surface area contributed by atoms with Gasteiger partial charge in [-0.3, -0.25) is 0 Å². The largest absolute Gasteiger partial charge is 0.300 e. The van der Waals surface area contributed by atoms with Gasteiger partial charge >= 0.3 is 0 Å². The van der Waals surface area contributed by atoms with Crippen LogP contribution in [0.5, 0.6) is 0 Å². The van der Waals surface area contributed by atoms with E-state index in [1.165, 1.54) is 37.9 Å². The zero-order valence-corrected chi connectivity index (χ0v) is 10.5. The van der Waals surface area contributed by atoms with Crippen LogP contribution in [-0.4, -0.2) is 16.7 Å². The lowest BCUT2D eigenvalue weighted by Crippen LogP contribution is -2.53. The first-order valence-corrected chi connectivity index (χ1v) is 6.92. The molecule has 1 nitrogen and oxygen atoms in total. The molecule has 1 N–H and O–H groups in total. The summed E-state index contributed by atoms with van der Waals surface area (Å²) in [5.41, 5.74) is 0.591. The fourth-order valence-electron chi connectivity index (χ4n) is 2.61. The lowest BCUT2D eigenvalue weighted by molar-refractivity contribution is 0.178. The van der Waals surface area contributed by atoms with Crippen LogP contribution >= 0.6 is 11.8 Å². The van der Waals surface area contributed by atoms with Gasteiger partial charge in [0.2, 0.25) is 0 Å². The fourth-order valence-corrected chi connectivity index (χ4v) is 4.25. The van der Waals surface area contributed by atoms with E-state index in [1.807, 2.05) is 0 Å². The summed E-state index contributed by atoms with van der Waals surface area (Å²) < 4.78 is 0. The average Bonchev–Trinajstić information content (AvgIpc) is 2.12. The molecule has 0 aromatic heterocycles. The molecule has 1 atom stereocenters. The number of nitrogens with one attached hydrogen (secondary N) is 1. The summed E-state index contributed by atoms with van der Waals surface area (Å²) in [6.07, 6.45) is 6.86. The molecule has 1 aliphatic carbocycles. The van der Waals surface area contributed by atoms with Gasteiger partial charge in [-0.1, -0.05) is 13.8 Å². The standard InChI is InChI=1S/C12H23NS/c1-10-4-9-14-12(13-10)7-5-11(2,3)6-8-12/h10,13H,4-9H2,1-3H3. The maximum absolute atomic E-state index is 3.83. The fraction of sp³-hybridized carbons (Fsp3) is 1.00. The Morgan fingerprint density at radius 3 is 2.36 bits per heavy atom. The topological polar surface area (TPSA) is 12.0 Å². The molecule has 1 spiro atoms. The van der Waals surface area contributed by atoms with E-state index in [0.717, 1.165) is 6.04 Å². The van der Waals surface area contributed by atoms with Crippen molar-refractivity contribution in [2.45, 2.75) is 63.8 Å². The molecule has 0 bridgehead atoms. The second-order valence-electron chi connectivity index (χ2n) is 5.84. The molecule has 2 heteroatoms. The highest BCUT2D eigenvalue weighted by Gasteiger charge is 2.40. The van der Waals surface area contributed by atoms with Gasteiger partial charge in [0.05, 0.1) is 4.87 Å². The summed E-state index contributed by atoms with van der Waals surface area (Å²) in [7, 11) is 0. The summed E-state index contributed by atoms with van der Waals surface area (Å²) in [5.74, 6) is 1.36. The zero-order valence-electron chi connectivity index (χ0n) is 9.73. The van der Waals surface area contributed by atoms with E-state index in [2.05, 4.69) is 37.8 Å². The van der Waals surface area contributed by atoms with Crippen molar-refractivity contribution in [1.29, 1.82) is 0 Å². The normalized spacial score (nSPS) is 35.8. The maximum Gasteiger partial charge on any atom is 0.0647 e. The highest BCUT2D eigenvalue weighted by atomic mass is 32.2. The number of hydrogen-bond acceptors (Lipinski definition) is 2. The van der Waals surface area contributed by atoms with Gasteiger partial charge in [0.15, 0.2) is 0 Å². The highest BCUT2D eigenvalue weighted by molar-refractivity contribution is 8.00. The minimum Gasteiger partial charge on any atom is -0.300 e. The summed E-state index contributed by atoms with van der Waals surface area (Å²) in [4.78, 5) is 0.452. The molecular weight excluding hydrogens is 190 g/mol. The van der Waals surface area contributed by atoms with Crippen LogP contribution in [0.2, 0.25) is 0 Å². The van der Waals surface area contributed by atoms with Crippen LogP contribution in [0.4, 0.5) is 0 Å². The Labute approximate surface area is 92.4 Å². The van der Waals surface area contributed by atoms with Gasteiger partial charge in [-0.2, -0.15) is 0 Å². The Kier molecular flexibility index (Phi) is 2.87. The van der Waals surface area contributed by atoms with Gasteiger partial charge < -0.3 is 5.32 Å². The van der Waals surface area contributed by atoms with Crippen LogP contribution in [0.3, 0.4) is 0 Å². The van der Waals surface area contributed by atoms with E-state index in [4.69, 9.17) is 0 Å². The van der Waals surface area contributed by atoms with Crippen molar-refractivity contribution < 1.29 is 0 Å². The van der Waals surface area contributed by atoms with Crippen LogP contribution in [0.1, 0.15) is 52.9 Å². The van der Waals surface area contributed by atoms with Gasteiger partial charge in [0, 0.05) is 6.04 Å².